The zero-order chi connectivity index (χ0) is 22.2. The van der Waals surface area contributed by atoms with E-state index in [0.29, 0.717) is 22.2 Å². The lowest BCUT2D eigenvalue weighted by molar-refractivity contribution is 0.165. The van der Waals surface area contributed by atoms with E-state index in [-0.39, 0.29) is 5.41 Å². The molecule has 5 nitrogen and oxygen atoms in total. The van der Waals surface area contributed by atoms with Gasteiger partial charge in [-0.1, -0.05) is 42.2 Å². The van der Waals surface area contributed by atoms with Gasteiger partial charge < -0.3 is 4.57 Å². The smallest absolute Gasteiger partial charge is 0.318 e. The van der Waals surface area contributed by atoms with Crippen LogP contribution in [0.15, 0.2) is 59.8 Å². The summed E-state index contributed by atoms with van der Waals surface area (Å²) in [6, 6.07) is 16.7. The van der Waals surface area contributed by atoms with Gasteiger partial charge >= 0.3 is 6.09 Å². The summed E-state index contributed by atoms with van der Waals surface area (Å²) in [4.78, 5) is 17.5. The van der Waals surface area contributed by atoms with Crippen LogP contribution in [0, 0.1) is 12.3 Å². The number of anilines is 1. The van der Waals surface area contributed by atoms with E-state index in [9.17, 15) is 4.79 Å². The number of halogens is 2. The lowest BCUT2D eigenvalue weighted by Gasteiger charge is -2.31. The highest BCUT2D eigenvalue weighted by molar-refractivity contribution is 6.30. The highest BCUT2D eigenvalue weighted by Crippen LogP contribution is 2.38. The highest BCUT2D eigenvalue weighted by atomic mass is 35.5. The summed E-state index contributed by atoms with van der Waals surface area (Å²) in [5, 5.41) is 8.19. The van der Waals surface area contributed by atoms with Crippen molar-refractivity contribution in [3.63, 3.8) is 0 Å². The number of carbonyl (C=O) groups is 1. The van der Waals surface area contributed by atoms with Crippen LogP contribution < -0.4 is 5.32 Å². The van der Waals surface area contributed by atoms with Crippen molar-refractivity contribution in [2.75, 3.05) is 5.32 Å². The first kappa shape index (κ1) is 21.5. The fraction of sp³-hybridized carbons (Fsp3) is 0.250. The summed E-state index contributed by atoms with van der Waals surface area (Å²) in [5.41, 5.74) is 5.60. The topological polar surface area (TPSA) is 55.6 Å². The third-order valence-corrected chi connectivity index (χ3v) is 5.81. The van der Waals surface area contributed by atoms with Gasteiger partial charge in [0.15, 0.2) is 0 Å². The minimum Gasteiger partial charge on any atom is -0.318 e. The molecule has 2 aromatic carbocycles. The molecule has 0 aliphatic heterocycles. The van der Waals surface area contributed by atoms with Gasteiger partial charge in [-0.25, -0.2) is 4.79 Å². The molecule has 160 valence electrons. The third kappa shape index (κ3) is 4.78. The molecule has 0 saturated heterocycles. The first-order chi connectivity index (χ1) is 14.7. The first-order valence-corrected chi connectivity index (χ1v) is 10.8. The number of fused-ring (bicyclic) bond motifs is 1. The van der Waals surface area contributed by atoms with Crippen LogP contribution in [0.5, 0.6) is 0 Å². The number of nitrogens with zero attached hydrogens (tertiary/aromatic N) is 2. The van der Waals surface area contributed by atoms with E-state index in [0.717, 1.165) is 34.8 Å². The third-order valence-electron chi connectivity index (χ3n) is 5.30. The zero-order valence-corrected chi connectivity index (χ0v) is 19.1. The van der Waals surface area contributed by atoms with Gasteiger partial charge in [0.2, 0.25) is 0 Å². The van der Waals surface area contributed by atoms with Crippen molar-refractivity contribution < 1.29 is 9.63 Å². The monoisotopic (exact) mass is 455 g/mol. The number of carbonyl (C=O) groups excluding carboxylic acids is 1. The number of amides is 1. The number of aromatic nitrogens is 1. The maximum Gasteiger partial charge on any atom is 0.437 e. The molecule has 0 unspecified atom stereocenters. The second-order valence-corrected chi connectivity index (χ2v) is 9.40. The lowest BCUT2D eigenvalue weighted by Crippen LogP contribution is -2.29. The number of nitrogens with one attached hydrogen (secondary N) is 1. The Morgan fingerprint density at radius 1 is 1.03 bits per heavy atom. The molecule has 0 saturated carbocycles. The molecular weight excluding hydrogens is 433 g/mol. The Morgan fingerprint density at radius 3 is 2.29 bits per heavy atom. The van der Waals surface area contributed by atoms with Crippen molar-refractivity contribution in [2.24, 2.45) is 10.6 Å². The molecule has 1 aliphatic rings. The van der Waals surface area contributed by atoms with E-state index < -0.39 is 6.09 Å². The molecule has 0 radical (unpaired) electrons. The minimum atomic E-state index is -0.645. The molecule has 4 rings (SSSR count). The number of hydrogen-bond donors (Lipinski definition) is 1. The molecule has 7 heteroatoms. The van der Waals surface area contributed by atoms with Crippen molar-refractivity contribution in [1.82, 2.24) is 4.57 Å². The maximum absolute atomic E-state index is 12.2. The summed E-state index contributed by atoms with van der Waals surface area (Å²) in [7, 11) is 0. The number of benzene rings is 2. The largest absolute Gasteiger partial charge is 0.437 e. The van der Waals surface area contributed by atoms with Crippen molar-refractivity contribution in [3.8, 4) is 5.69 Å². The van der Waals surface area contributed by atoms with Gasteiger partial charge in [-0.05, 0) is 79.8 Å². The Kier molecular flexibility index (Phi) is 5.82. The van der Waals surface area contributed by atoms with Gasteiger partial charge in [0.25, 0.3) is 0 Å². The van der Waals surface area contributed by atoms with Crippen LogP contribution >= 0.6 is 23.2 Å². The van der Waals surface area contributed by atoms with Crippen molar-refractivity contribution in [1.29, 1.82) is 0 Å². The molecule has 1 heterocycles. The summed E-state index contributed by atoms with van der Waals surface area (Å²) in [5.74, 6) is 0. The molecule has 1 amide bonds. The Bertz CT molecular complexity index is 1150. The van der Waals surface area contributed by atoms with E-state index in [4.69, 9.17) is 28.0 Å². The van der Waals surface area contributed by atoms with Crippen LogP contribution in [0.1, 0.15) is 37.2 Å². The molecule has 1 aromatic heterocycles. The highest BCUT2D eigenvalue weighted by Gasteiger charge is 2.33. The van der Waals surface area contributed by atoms with E-state index in [1.165, 1.54) is 0 Å². The van der Waals surface area contributed by atoms with E-state index in [2.05, 4.69) is 41.9 Å². The normalized spacial score (nSPS) is 16.1. The van der Waals surface area contributed by atoms with Gasteiger partial charge in [-0.3, -0.25) is 10.2 Å². The quantitative estimate of drug-likeness (QED) is 0.340. The number of hydrogen-bond acceptors (Lipinski definition) is 3. The Labute approximate surface area is 191 Å². The van der Waals surface area contributed by atoms with Crippen LogP contribution in [-0.2, 0) is 11.3 Å². The summed E-state index contributed by atoms with van der Waals surface area (Å²) in [6.45, 7) is 6.44. The van der Waals surface area contributed by atoms with E-state index in [1.54, 1.807) is 24.3 Å². The van der Waals surface area contributed by atoms with E-state index in [1.807, 2.05) is 24.3 Å². The second-order valence-electron chi connectivity index (χ2n) is 8.52. The fourth-order valence-corrected chi connectivity index (χ4v) is 4.23. The minimum absolute atomic E-state index is 0.0309. The molecule has 1 N–H and O–H groups in total. The zero-order valence-electron chi connectivity index (χ0n) is 17.6. The summed E-state index contributed by atoms with van der Waals surface area (Å²) in [6.07, 6.45) is 0.946. The Balaban J connectivity index is 1.62. The molecule has 1 aliphatic carbocycles. The lowest BCUT2D eigenvalue weighted by atomic mass is 9.76. The van der Waals surface area contributed by atoms with Gasteiger partial charge in [-0.15, -0.1) is 0 Å². The number of rotatable bonds is 3. The molecule has 31 heavy (non-hydrogen) atoms. The van der Waals surface area contributed by atoms with Gasteiger partial charge in [0.05, 0.1) is 5.71 Å². The van der Waals surface area contributed by atoms with Gasteiger partial charge in [-0.2, -0.15) is 0 Å². The van der Waals surface area contributed by atoms with Crippen molar-refractivity contribution >= 4 is 40.7 Å². The van der Waals surface area contributed by atoms with Gasteiger partial charge in [0.1, 0.15) is 0 Å². The Hall–Kier alpha value is -2.76. The van der Waals surface area contributed by atoms with Crippen molar-refractivity contribution in [3.05, 3.63) is 81.6 Å². The average molecular weight is 456 g/mol. The van der Waals surface area contributed by atoms with Crippen LogP contribution in [0.25, 0.3) is 5.69 Å². The molecule has 3 aromatic rings. The molecule has 0 bridgehead atoms. The molecular formula is C24H23Cl2N3O2. The van der Waals surface area contributed by atoms with Crippen LogP contribution in [0.3, 0.4) is 0 Å². The molecule has 0 fully saturated rings. The van der Waals surface area contributed by atoms with Crippen LogP contribution in [0.4, 0.5) is 10.5 Å². The molecule has 0 atom stereocenters. The maximum atomic E-state index is 12.2. The fourth-order valence-electron chi connectivity index (χ4n) is 3.98. The number of oxime groups is 1. The predicted octanol–water partition coefficient (Wildman–Crippen LogP) is 7.02. The van der Waals surface area contributed by atoms with E-state index >= 15 is 0 Å². The SMILES string of the molecule is Cc1cc2c(n1-c1ccc(Cl)cc1)CC(C)(C)C/C2=N\OC(=O)Nc1ccc(Cl)cc1. The predicted molar refractivity (Wildman–Crippen MR) is 126 cm³/mol. The summed E-state index contributed by atoms with van der Waals surface area (Å²) >= 11 is 11.9. The Morgan fingerprint density at radius 2 is 1.65 bits per heavy atom. The van der Waals surface area contributed by atoms with Crippen molar-refractivity contribution in [2.45, 2.75) is 33.6 Å². The molecule has 0 spiro atoms. The van der Waals surface area contributed by atoms with Gasteiger partial charge in [0, 0.05) is 38.4 Å². The average Bonchev–Trinajstić information content (AvgIpc) is 3.03. The van der Waals surface area contributed by atoms with Crippen LogP contribution in [-0.4, -0.2) is 16.4 Å². The second kappa shape index (κ2) is 8.40. The standard InChI is InChI=1S/C24H23Cl2N3O2/c1-15-12-20-21(28-31-23(30)27-18-8-4-16(25)5-9-18)13-24(2,3)14-22(20)29(15)19-10-6-17(26)7-11-19/h4-12H,13-14H2,1-3H3,(H,27,30)/b28-21+. The summed E-state index contributed by atoms with van der Waals surface area (Å²) < 4.78 is 2.22. The van der Waals surface area contributed by atoms with Crippen LogP contribution in [0.2, 0.25) is 10.0 Å². The first-order valence-electron chi connectivity index (χ1n) is 10.00. The number of aryl methyl sites for hydroxylation is 1.